The zero-order chi connectivity index (χ0) is 18.5. The highest BCUT2D eigenvalue weighted by molar-refractivity contribution is 6.42. The molecule has 0 unspecified atom stereocenters. The minimum Gasteiger partial charge on any atom is -0.326 e. The Kier molecular flexibility index (Phi) is 7.03. The zero-order valence-corrected chi connectivity index (χ0v) is 15.6. The number of benzene rings is 1. The zero-order valence-electron chi connectivity index (χ0n) is 14.1. The summed E-state index contributed by atoms with van der Waals surface area (Å²) in [6.45, 7) is 3.35. The number of amides is 2. The van der Waals surface area contributed by atoms with Crippen LogP contribution >= 0.6 is 23.2 Å². The Labute approximate surface area is 151 Å². The Morgan fingerprint density at radius 2 is 1.83 bits per heavy atom. The molecule has 0 fully saturated rings. The van der Waals surface area contributed by atoms with E-state index in [4.69, 9.17) is 28.5 Å². The van der Waals surface area contributed by atoms with Crippen molar-refractivity contribution in [1.29, 1.82) is 5.26 Å². The molecule has 8 heteroatoms. The molecule has 0 radical (unpaired) electrons. The second-order valence-corrected chi connectivity index (χ2v) is 6.79. The summed E-state index contributed by atoms with van der Waals surface area (Å²) in [7, 11) is 3.22. The van der Waals surface area contributed by atoms with Crippen molar-refractivity contribution in [2.24, 2.45) is 0 Å². The first-order valence-electron chi connectivity index (χ1n) is 7.18. The van der Waals surface area contributed by atoms with Gasteiger partial charge in [-0.3, -0.25) is 14.5 Å². The molecule has 0 aliphatic heterocycles. The van der Waals surface area contributed by atoms with E-state index in [1.54, 1.807) is 51.0 Å². The van der Waals surface area contributed by atoms with Gasteiger partial charge in [0, 0.05) is 12.7 Å². The fourth-order valence-corrected chi connectivity index (χ4v) is 2.10. The van der Waals surface area contributed by atoms with Crippen molar-refractivity contribution in [2.45, 2.75) is 19.4 Å². The van der Waals surface area contributed by atoms with Gasteiger partial charge in [0.25, 0.3) is 0 Å². The van der Waals surface area contributed by atoms with E-state index in [1.807, 2.05) is 0 Å². The van der Waals surface area contributed by atoms with Crippen LogP contribution in [-0.4, -0.2) is 54.3 Å². The van der Waals surface area contributed by atoms with Crippen LogP contribution in [0.2, 0.25) is 10.0 Å². The summed E-state index contributed by atoms with van der Waals surface area (Å²) in [5.74, 6) is -0.530. The van der Waals surface area contributed by atoms with E-state index in [1.165, 1.54) is 4.90 Å². The predicted molar refractivity (Wildman–Crippen MR) is 95.1 cm³/mol. The van der Waals surface area contributed by atoms with Crippen molar-refractivity contribution in [1.82, 2.24) is 9.80 Å². The number of nitrogens with zero attached hydrogens (tertiary/aromatic N) is 3. The molecule has 0 saturated carbocycles. The summed E-state index contributed by atoms with van der Waals surface area (Å²) in [6, 6.07) is 6.84. The van der Waals surface area contributed by atoms with Gasteiger partial charge in [-0.1, -0.05) is 23.2 Å². The van der Waals surface area contributed by atoms with Crippen LogP contribution < -0.4 is 5.32 Å². The Balaban J connectivity index is 2.57. The first-order valence-corrected chi connectivity index (χ1v) is 7.93. The molecule has 0 heterocycles. The van der Waals surface area contributed by atoms with Crippen molar-refractivity contribution in [3.8, 4) is 6.07 Å². The Morgan fingerprint density at radius 1 is 1.21 bits per heavy atom. The summed E-state index contributed by atoms with van der Waals surface area (Å²) in [4.78, 5) is 27.1. The lowest BCUT2D eigenvalue weighted by atomic mass is 10.1. The molecular weight excluding hydrogens is 351 g/mol. The van der Waals surface area contributed by atoms with E-state index < -0.39 is 5.54 Å². The van der Waals surface area contributed by atoms with Crippen LogP contribution in [0.1, 0.15) is 13.8 Å². The number of nitriles is 1. The highest BCUT2D eigenvalue weighted by Gasteiger charge is 2.27. The minimum absolute atomic E-state index is 0.0206. The molecule has 1 aromatic rings. The van der Waals surface area contributed by atoms with Gasteiger partial charge in [-0.05, 0) is 39.1 Å². The third-order valence-electron chi connectivity index (χ3n) is 3.51. The van der Waals surface area contributed by atoms with Crippen LogP contribution in [0.15, 0.2) is 18.2 Å². The quantitative estimate of drug-likeness (QED) is 0.834. The van der Waals surface area contributed by atoms with Crippen molar-refractivity contribution >= 4 is 40.7 Å². The third-order valence-corrected chi connectivity index (χ3v) is 4.25. The molecule has 0 atom stereocenters. The average molecular weight is 371 g/mol. The first-order chi connectivity index (χ1) is 11.1. The number of anilines is 1. The minimum atomic E-state index is -0.903. The molecule has 0 bridgehead atoms. The summed E-state index contributed by atoms with van der Waals surface area (Å²) in [5.41, 5.74) is -0.378. The van der Waals surface area contributed by atoms with Gasteiger partial charge in [0.05, 0.1) is 29.2 Å². The van der Waals surface area contributed by atoms with Gasteiger partial charge in [-0.15, -0.1) is 0 Å². The summed E-state index contributed by atoms with van der Waals surface area (Å²) in [6.07, 6.45) is 0. The van der Waals surface area contributed by atoms with Crippen LogP contribution in [0.25, 0.3) is 0 Å². The largest absolute Gasteiger partial charge is 0.326 e. The number of nitrogens with one attached hydrogen (secondary N) is 1. The van der Waals surface area contributed by atoms with E-state index in [9.17, 15) is 9.59 Å². The molecular formula is C16H20Cl2N4O2. The van der Waals surface area contributed by atoms with Crippen molar-refractivity contribution in [3.05, 3.63) is 28.2 Å². The van der Waals surface area contributed by atoms with E-state index in [0.29, 0.717) is 15.7 Å². The number of carbonyl (C=O) groups excluding carboxylic acids is 2. The second-order valence-electron chi connectivity index (χ2n) is 5.97. The predicted octanol–water partition coefficient (Wildman–Crippen LogP) is 2.62. The first kappa shape index (κ1) is 20.2. The number of rotatable bonds is 6. The monoisotopic (exact) mass is 370 g/mol. The Hall–Kier alpha value is -1.81. The maximum absolute atomic E-state index is 12.2. The molecule has 0 aliphatic carbocycles. The van der Waals surface area contributed by atoms with Crippen molar-refractivity contribution in [2.75, 3.05) is 32.5 Å². The lowest BCUT2D eigenvalue weighted by Gasteiger charge is -2.30. The highest BCUT2D eigenvalue weighted by atomic mass is 35.5. The van der Waals surface area contributed by atoms with Crippen LogP contribution in [-0.2, 0) is 9.59 Å². The van der Waals surface area contributed by atoms with Gasteiger partial charge in [-0.2, -0.15) is 5.26 Å². The van der Waals surface area contributed by atoms with Crippen LogP contribution in [0.3, 0.4) is 0 Å². The smallest absolute Gasteiger partial charge is 0.238 e. The van der Waals surface area contributed by atoms with E-state index >= 15 is 0 Å². The number of halogens is 2. The molecule has 130 valence electrons. The van der Waals surface area contributed by atoms with Crippen molar-refractivity contribution < 1.29 is 9.59 Å². The molecule has 1 N–H and O–H groups in total. The lowest BCUT2D eigenvalue weighted by molar-refractivity contribution is -0.134. The molecule has 6 nitrogen and oxygen atoms in total. The number of hydrogen-bond acceptors (Lipinski definition) is 4. The molecule has 1 rings (SSSR count). The van der Waals surface area contributed by atoms with Gasteiger partial charge < -0.3 is 10.2 Å². The van der Waals surface area contributed by atoms with E-state index in [-0.39, 0.29) is 24.9 Å². The van der Waals surface area contributed by atoms with Crippen molar-refractivity contribution in [3.63, 3.8) is 0 Å². The molecule has 0 aromatic heterocycles. The van der Waals surface area contributed by atoms with Crippen LogP contribution in [0.5, 0.6) is 0 Å². The highest BCUT2D eigenvalue weighted by Crippen LogP contribution is 2.24. The summed E-state index contributed by atoms with van der Waals surface area (Å²) < 4.78 is 0. The topological polar surface area (TPSA) is 76.4 Å². The molecule has 0 aliphatic rings. The standard InChI is InChI=1S/C16H20Cl2N4O2/c1-16(2,10-19)22(4)15(24)9-21(3)8-14(23)20-11-5-6-12(17)13(18)7-11/h5-7H,8-9H2,1-4H3,(H,20,23). The SMILES string of the molecule is CN(CC(=O)Nc1ccc(Cl)c(Cl)c1)CC(=O)N(C)C(C)(C)C#N. The van der Waals surface area contributed by atoms with Gasteiger partial charge in [-0.25, -0.2) is 0 Å². The summed E-state index contributed by atoms with van der Waals surface area (Å²) in [5, 5.41) is 12.5. The summed E-state index contributed by atoms with van der Waals surface area (Å²) >= 11 is 11.7. The maximum Gasteiger partial charge on any atom is 0.238 e. The molecule has 1 aromatic carbocycles. The fourth-order valence-electron chi connectivity index (χ4n) is 1.80. The van der Waals surface area contributed by atoms with Gasteiger partial charge >= 0.3 is 0 Å². The third kappa shape index (κ3) is 5.68. The number of hydrogen-bond donors (Lipinski definition) is 1. The van der Waals surface area contributed by atoms with E-state index in [2.05, 4.69) is 11.4 Å². The molecule has 0 spiro atoms. The molecule has 24 heavy (non-hydrogen) atoms. The molecule has 2 amide bonds. The van der Waals surface area contributed by atoms with E-state index in [0.717, 1.165) is 0 Å². The maximum atomic E-state index is 12.2. The lowest BCUT2D eigenvalue weighted by Crippen LogP contribution is -2.48. The van der Waals surface area contributed by atoms with Crippen LogP contribution in [0.4, 0.5) is 5.69 Å². The van der Waals surface area contributed by atoms with Gasteiger partial charge in [0.1, 0.15) is 5.54 Å². The second kappa shape index (κ2) is 8.34. The van der Waals surface area contributed by atoms with Crippen LogP contribution in [0, 0.1) is 11.3 Å². The van der Waals surface area contributed by atoms with Gasteiger partial charge in [0.2, 0.25) is 11.8 Å². The number of carbonyl (C=O) groups is 2. The normalized spacial score (nSPS) is 11.1. The Bertz CT molecular complexity index is 671. The fraction of sp³-hybridized carbons (Fsp3) is 0.438. The Morgan fingerprint density at radius 3 is 2.38 bits per heavy atom. The molecule has 0 saturated heterocycles. The average Bonchev–Trinajstić information content (AvgIpc) is 2.49. The number of likely N-dealkylation sites (N-methyl/N-ethyl adjacent to an activating group) is 2. The van der Waals surface area contributed by atoms with Gasteiger partial charge in [0.15, 0.2) is 0 Å².